The second-order valence-electron chi connectivity index (χ2n) is 8.40. The molecule has 0 saturated carbocycles. The average molecular weight is 519 g/mol. The van der Waals surface area contributed by atoms with Crippen molar-refractivity contribution in [1.82, 2.24) is 0 Å². The van der Waals surface area contributed by atoms with Crippen molar-refractivity contribution in [1.29, 1.82) is 0 Å². The summed E-state index contributed by atoms with van der Waals surface area (Å²) in [5.41, 5.74) is 0. The number of hydrogen-bond acceptors (Lipinski definition) is 9. The van der Waals surface area contributed by atoms with Gasteiger partial charge in [-0.25, -0.2) is 0 Å². The van der Waals surface area contributed by atoms with Gasteiger partial charge in [-0.1, -0.05) is 53.4 Å². The quantitative estimate of drug-likeness (QED) is 0.104. The van der Waals surface area contributed by atoms with E-state index in [1.807, 2.05) is 0 Å². The standard InChI is InChI=1S/2C8H19N.C6H13O9P/c2*1-3-5-7-9-8-6-4-2;7-1-2-3(8)4(9)5(10)6(14-2)15-16(11,12)13/h2*9H,3-8H2,1-2H3;2-10H,1H2,(H2,11,12,13)/t;;2-,3+,4+,5-,6-/m..1/s1. The van der Waals surface area contributed by atoms with Gasteiger partial charge in [0.15, 0.2) is 6.29 Å². The predicted molar refractivity (Wildman–Crippen MR) is 125 cm³/mol. The third-order valence-electron chi connectivity index (χ3n) is 5.13. The zero-order chi connectivity index (χ0) is 26.4. The van der Waals surface area contributed by atoms with Crippen LogP contribution in [0.3, 0.4) is 0 Å². The summed E-state index contributed by atoms with van der Waals surface area (Å²) in [5, 5.41) is 41.3. The summed E-state index contributed by atoms with van der Waals surface area (Å²) >= 11 is 0. The first-order chi connectivity index (χ1) is 16.1. The summed E-state index contributed by atoms with van der Waals surface area (Å²) in [6.07, 6.45) is 2.25. The van der Waals surface area contributed by atoms with E-state index in [4.69, 9.17) is 5.11 Å². The minimum absolute atomic E-state index is 0.743. The molecule has 1 heterocycles. The second kappa shape index (κ2) is 23.2. The predicted octanol–water partition coefficient (Wildman–Crippen LogP) is -2.07. The van der Waals surface area contributed by atoms with E-state index in [-0.39, 0.29) is 0 Å². The summed E-state index contributed by atoms with van der Waals surface area (Å²) in [4.78, 5) is 20.6. The molecule has 0 aromatic carbocycles. The van der Waals surface area contributed by atoms with Crippen molar-refractivity contribution in [2.45, 2.75) is 110 Å². The second-order valence-corrected chi connectivity index (χ2v) is 9.50. The Labute approximate surface area is 205 Å². The number of quaternary nitrogens is 2. The molecule has 0 bridgehead atoms. The molecule has 0 radical (unpaired) electrons. The van der Waals surface area contributed by atoms with E-state index in [1.54, 1.807) is 0 Å². The molecule has 11 nitrogen and oxygen atoms in total. The van der Waals surface area contributed by atoms with Gasteiger partial charge >= 0.3 is 0 Å². The normalized spacial score (nSPS) is 24.6. The maximum atomic E-state index is 10.3. The highest BCUT2D eigenvalue weighted by atomic mass is 31.2. The third kappa shape index (κ3) is 20.1. The van der Waals surface area contributed by atoms with E-state index in [0.717, 1.165) is 0 Å². The van der Waals surface area contributed by atoms with Crippen molar-refractivity contribution in [2.24, 2.45) is 0 Å². The maximum Gasteiger partial charge on any atom is 0.191 e. The van der Waals surface area contributed by atoms with E-state index < -0.39 is 45.1 Å². The lowest BCUT2D eigenvalue weighted by Crippen LogP contribution is -2.84. The number of unbranched alkanes of at least 4 members (excludes halogenated alkanes) is 4. The van der Waals surface area contributed by atoms with Gasteiger partial charge in [0, 0.05) is 0 Å². The van der Waals surface area contributed by atoms with E-state index in [0.29, 0.717) is 0 Å². The van der Waals surface area contributed by atoms with Crippen LogP contribution >= 0.6 is 7.82 Å². The molecule has 8 N–H and O–H groups in total. The lowest BCUT2D eigenvalue weighted by Gasteiger charge is -2.43. The van der Waals surface area contributed by atoms with Crippen LogP contribution in [0.4, 0.5) is 0 Å². The van der Waals surface area contributed by atoms with Crippen LogP contribution in [0, 0.1) is 0 Å². The monoisotopic (exact) mass is 518 g/mol. The van der Waals surface area contributed by atoms with Crippen LogP contribution in [0.1, 0.15) is 79.1 Å². The van der Waals surface area contributed by atoms with Crippen LogP contribution in [0.15, 0.2) is 0 Å². The molecule has 12 heteroatoms. The van der Waals surface area contributed by atoms with Crippen LogP contribution < -0.4 is 20.4 Å². The van der Waals surface area contributed by atoms with Gasteiger partial charge in [0.1, 0.15) is 24.4 Å². The highest BCUT2D eigenvalue weighted by Crippen LogP contribution is 2.33. The van der Waals surface area contributed by atoms with Crippen LogP contribution in [0.2, 0.25) is 0 Å². The molecule has 0 aliphatic carbocycles. The summed E-state index contributed by atoms with van der Waals surface area (Å²) < 4.78 is 18.7. The maximum absolute atomic E-state index is 10.3. The highest BCUT2D eigenvalue weighted by molar-refractivity contribution is 7.43. The first-order valence-corrected chi connectivity index (χ1v) is 14.2. The Morgan fingerprint density at radius 1 is 0.765 bits per heavy atom. The van der Waals surface area contributed by atoms with Gasteiger partial charge in [0.2, 0.25) is 0 Å². The molecule has 1 aliphatic heterocycles. The first kappa shape index (κ1) is 36.0. The van der Waals surface area contributed by atoms with Crippen molar-refractivity contribution in [3.05, 3.63) is 0 Å². The van der Waals surface area contributed by atoms with Gasteiger partial charge in [-0.2, -0.15) is 0 Å². The molecule has 0 spiro atoms. The summed E-state index contributed by atoms with van der Waals surface area (Å²) in [6, 6.07) is 0. The molecule has 1 aliphatic rings. The molecule has 5 atom stereocenters. The molecule has 0 aromatic rings. The number of aliphatic hydroxyl groups is 4. The molecule has 0 unspecified atom stereocenters. The zero-order valence-electron chi connectivity index (χ0n) is 21.5. The number of rotatable bonds is 15. The largest absolute Gasteiger partial charge is 0.790 e. The van der Waals surface area contributed by atoms with Crippen molar-refractivity contribution in [3.63, 3.8) is 0 Å². The molecular formula is C22H51N2O9P. The Kier molecular flexibility index (Phi) is 24.6. The molecule has 1 rings (SSSR count). The number of phosphoric acid groups is 1. The average Bonchev–Trinajstić information content (AvgIpc) is 2.79. The van der Waals surface area contributed by atoms with Crippen molar-refractivity contribution in [3.8, 4) is 0 Å². The fourth-order valence-corrected chi connectivity index (χ4v) is 3.39. The van der Waals surface area contributed by atoms with E-state index in [9.17, 15) is 29.7 Å². The van der Waals surface area contributed by atoms with Crippen LogP contribution in [0.5, 0.6) is 0 Å². The van der Waals surface area contributed by atoms with Crippen LogP contribution in [-0.4, -0.2) is 83.9 Å². The summed E-state index contributed by atoms with van der Waals surface area (Å²) in [7, 11) is -5.41. The van der Waals surface area contributed by atoms with Crippen molar-refractivity contribution < 1.29 is 54.7 Å². The molecule has 0 amide bonds. The molecule has 0 aromatic heterocycles. The molecule has 1 saturated heterocycles. The summed E-state index contributed by atoms with van der Waals surface area (Å²) in [6.45, 7) is 13.6. The lowest BCUT2D eigenvalue weighted by atomic mass is 10.00. The van der Waals surface area contributed by atoms with Crippen molar-refractivity contribution in [2.75, 3.05) is 32.8 Å². The van der Waals surface area contributed by atoms with Gasteiger partial charge in [0.25, 0.3) is 0 Å². The van der Waals surface area contributed by atoms with Gasteiger partial charge in [-0.05, 0) is 25.7 Å². The number of ether oxygens (including phenoxy) is 1. The Morgan fingerprint density at radius 3 is 1.44 bits per heavy atom. The van der Waals surface area contributed by atoms with Gasteiger partial charge < -0.3 is 54.7 Å². The Morgan fingerprint density at radius 2 is 1.15 bits per heavy atom. The number of hydrogen-bond donors (Lipinski definition) is 6. The summed E-state index contributed by atoms with van der Waals surface area (Å²) in [5.74, 6) is 0. The van der Waals surface area contributed by atoms with E-state index >= 15 is 0 Å². The number of aliphatic hydroxyl groups excluding tert-OH is 4. The first-order valence-electron chi connectivity index (χ1n) is 12.7. The number of phosphoric ester groups is 1. The van der Waals surface area contributed by atoms with Crippen LogP contribution in [0.25, 0.3) is 0 Å². The van der Waals surface area contributed by atoms with Gasteiger partial charge in [0.05, 0.1) is 40.6 Å². The SMILES string of the molecule is CCCC[NH2+]CCCC.CCCC[NH2+]CCCC.O=P([O-])([O-])O[C@H]1O[C@H](CO)[C@H](O)[C@H](O)[C@H]1O. The van der Waals surface area contributed by atoms with E-state index in [1.165, 1.54) is 77.5 Å². The Balaban J connectivity index is 0. The number of nitrogens with two attached hydrogens (primary N) is 2. The lowest BCUT2D eigenvalue weighted by molar-refractivity contribution is -0.655. The van der Waals surface area contributed by atoms with Crippen molar-refractivity contribution >= 4 is 7.82 Å². The topological polar surface area (TPSA) is 196 Å². The van der Waals surface area contributed by atoms with Gasteiger partial charge in [-0.15, -0.1) is 0 Å². The molecular weight excluding hydrogens is 467 g/mol. The molecule has 34 heavy (non-hydrogen) atoms. The van der Waals surface area contributed by atoms with Crippen LogP contribution in [-0.2, 0) is 13.8 Å². The molecule has 1 fully saturated rings. The Bertz CT molecular complexity index is 457. The zero-order valence-corrected chi connectivity index (χ0v) is 22.4. The minimum atomic E-state index is -5.41. The Hall–Kier alpha value is -0.170. The highest BCUT2D eigenvalue weighted by Gasteiger charge is 2.44. The van der Waals surface area contributed by atoms with Gasteiger partial charge in [-0.3, -0.25) is 0 Å². The van der Waals surface area contributed by atoms with E-state index in [2.05, 4.69) is 47.6 Å². The minimum Gasteiger partial charge on any atom is -0.790 e. The third-order valence-corrected chi connectivity index (χ3v) is 5.59. The fourth-order valence-electron chi connectivity index (χ4n) is 2.96. The fraction of sp³-hybridized carbons (Fsp3) is 1.00. The smallest absolute Gasteiger partial charge is 0.191 e. The molecule has 208 valence electrons.